The van der Waals surface area contributed by atoms with Crippen LogP contribution in [0.25, 0.3) is 5.69 Å². The second kappa shape index (κ2) is 7.18. The average molecular weight is 331 g/mol. The fraction of sp³-hybridized carbons (Fsp3) is 0.400. The van der Waals surface area contributed by atoms with Crippen molar-refractivity contribution in [2.45, 2.75) is 18.9 Å². The number of benzene rings is 1. The largest absolute Gasteiger partial charge is 0.481 e. The van der Waals surface area contributed by atoms with Crippen molar-refractivity contribution in [3.05, 3.63) is 36.2 Å². The Morgan fingerprint density at radius 3 is 2.75 bits per heavy atom. The van der Waals surface area contributed by atoms with E-state index in [1.807, 2.05) is 24.3 Å². The number of carbonyl (C=O) groups excluding carboxylic acids is 1. The molecule has 0 spiro atoms. The highest BCUT2D eigenvalue weighted by atomic mass is 16.5. The van der Waals surface area contributed by atoms with Gasteiger partial charge in [0.2, 0.25) is 5.91 Å². The Morgan fingerprint density at radius 1 is 1.29 bits per heavy atom. The summed E-state index contributed by atoms with van der Waals surface area (Å²) in [5.41, 5.74) is 1.68. The van der Waals surface area contributed by atoms with Gasteiger partial charge >= 0.3 is 5.97 Å². The number of aromatic nitrogens is 4. The molecule has 1 saturated heterocycles. The zero-order valence-electron chi connectivity index (χ0n) is 12.9. The van der Waals surface area contributed by atoms with Crippen LogP contribution in [0.4, 0.5) is 0 Å². The summed E-state index contributed by atoms with van der Waals surface area (Å²) in [4.78, 5) is 24.8. The van der Waals surface area contributed by atoms with Crippen molar-refractivity contribution in [3.8, 4) is 5.69 Å². The monoisotopic (exact) mass is 331 g/mol. The lowest BCUT2D eigenvalue weighted by atomic mass is 10.1. The standard InChI is InChI=1S/C15H17N5O4/c21-14(19-5-6-24-13(9-19)8-15(22)23)7-11-1-3-12(4-2-11)20-10-16-17-18-20/h1-4,10,13H,5-9H2,(H,22,23). The van der Waals surface area contributed by atoms with E-state index >= 15 is 0 Å². The third-order valence-corrected chi connectivity index (χ3v) is 3.80. The average Bonchev–Trinajstić information content (AvgIpc) is 3.09. The Balaban J connectivity index is 1.59. The summed E-state index contributed by atoms with van der Waals surface area (Å²) in [6.45, 7) is 1.16. The maximum Gasteiger partial charge on any atom is 0.306 e. The smallest absolute Gasteiger partial charge is 0.306 e. The summed E-state index contributed by atoms with van der Waals surface area (Å²) in [6.07, 6.45) is 1.22. The molecule has 1 aliphatic heterocycles. The Hall–Kier alpha value is -2.81. The van der Waals surface area contributed by atoms with E-state index < -0.39 is 12.1 Å². The van der Waals surface area contributed by atoms with E-state index in [1.165, 1.54) is 11.0 Å². The van der Waals surface area contributed by atoms with Crippen molar-refractivity contribution >= 4 is 11.9 Å². The highest BCUT2D eigenvalue weighted by molar-refractivity contribution is 5.79. The molecule has 1 aromatic carbocycles. The molecule has 126 valence electrons. The number of nitrogens with zero attached hydrogens (tertiary/aromatic N) is 5. The van der Waals surface area contributed by atoms with Gasteiger partial charge in [-0.1, -0.05) is 12.1 Å². The van der Waals surface area contributed by atoms with Gasteiger partial charge in [-0.15, -0.1) is 5.10 Å². The third kappa shape index (κ3) is 3.93. The second-order valence-electron chi connectivity index (χ2n) is 5.53. The number of carboxylic acid groups (broad SMARTS) is 1. The van der Waals surface area contributed by atoms with Crippen LogP contribution in [0.5, 0.6) is 0 Å². The highest BCUT2D eigenvalue weighted by Crippen LogP contribution is 2.13. The summed E-state index contributed by atoms with van der Waals surface area (Å²) in [5.74, 6) is -0.962. The third-order valence-electron chi connectivity index (χ3n) is 3.80. The van der Waals surface area contributed by atoms with Crippen molar-refractivity contribution in [3.63, 3.8) is 0 Å². The van der Waals surface area contributed by atoms with Crippen molar-refractivity contribution in [1.82, 2.24) is 25.1 Å². The molecule has 9 nitrogen and oxygen atoms in total. The minimum atomic E-state index is -0.924. The van der Waals surface area contributed by atoms with E-state index in [0.717, 1.165) is 11.3 Å². The first kappa shape index (κ1) is 16.1. The van der Waals surface area contributed by atoms with Crippen LogP contribution >= 0.6 is 0 Å². The van der Waals surface area contributed by atoms with Gasteiger partial charge in [0.05, 0.1) is 31.2 Å². The molecule has 2 aromatic rings. The molecule has 0 bridgehead atoms. The predicted molar refractivity (Wildman–Crippen MR) is 81.4 cm³/mol. The van der Waals surface area contributed by atoms with Crippen LogP contribution in [-0.4, -0.2) is 67.9 Å². The SMILES string of the molecule is O=C(O)CC1CN(C(=O)Cc2ccc(-n3cnnn3)cc2)CCO1. The summed E-state index contributed by atoms with van der Waals surface area (Å²) < 4.78 is 6.91. The Bertz CT molecular complexity index is 701. The Kier molecular flexibility index (Phi) is 4.80. The number of ether oxygens (including phenoxy) is 1. The van der Waals surface area contributed by atoms with Crippen LogP contribution in [-0.2, 0) is 20.7 Å². The van der Waals surface area contributed by atoms with Crippen molar-refractivity contribution in [2.24, 2.45) is 0 Å². The van der Waals surface area contributed by atoms with Gasteiger partial charge in [-0.2, -0.15) is 0 Å². The number of carbonyl (C=O) groups is 2. The molecule has 1 aliphatic rings. The molecule has 1 atom stereocenters. The minimum Gasteiger partial charge on any atom is -0.481 e. The van der Waals surface area contributed by atoms with Gasteiger partial charge in [-0.05, 0) is 28.1 Å². The molecule has 3 rings (SSSR count). The molecule has 0 aliphatic carbocycles. The fourth-order valence-electron chi connectivity index (χ4n) is 2.60. The zero-order chi connectivity index (χ0) is 16.9. The quantitative estimate of drug-likeness (QED) is 0.815. The van der Waals surface area contributed by atoms with E-state index in [4.69, 9.17) is 9.84 Å². The molecule has 0 saturated carbocycles. The lowest BCUT2D eigenvalue weighted by Crippen LogP contribution is -2.46. The van der Waals surface area contributed by atoms with E-state index in [1.54, 1.807) is 4.90 Å². The van der Waals surface area contributed by atoms with E-state index in [9.17, 15) is 9.59 Å². The fourth-order valence-corrected chi connectivity index (χ4v) is 2.60. The molecule has 1 aromatic heterocycles. The number of hydrogen-bond donors (Lipinski definition) is 1. The van der Waals surface area contributed by atoms with Crippen LogP contribution in [0.2, 0.25) is 0 Å². The first-order valence-corrected chi connectivity index (χ1v) is 7.55. The zero-order valence-corrected chi connectivity index (χ0v) is 12.9. The number of amides is 1. The number of morpholine rings is 1. The number of tetrazole rings is 1. The van der Waals surface area contributed by atoms with Gasteiger partial charge in [0.1, 0.15) is 6.33 Å². The van der Waals surface area contributed by atoms with E-state index in [0.29, 0.717) is 19.7 Å². The Labute approximate surface area is 137 Å². The van der Waals surface area contributed by atoms with Gasteiger partial charge in [-0.3, -0.25) is 9.59 Å². The number of aliphatic carboxylic acids is 1. The van der Waals surface area contributed by atoms with Crippen molar-refractivity contribution < 1.29 is 19.4 Å². The number of carboxylic acids is 1. The van der Waals surface area contributed by atoms with E-state index in [2.05, 4.69) is 15.5 Å². The first-order chi connectivity index (χ1) is 11.6. The van der Waals surface area contributed by atoms with E-state index in [-0.39, 0.29) is 18.7 Å². The molecule has 24 heavy (non-hydrogen) atoms. The molecule has 1 amide bonds. The van der Waals surface area contributed by atoms with Crippen LogP contribution in [0, 0.1) is 0 Å². The lowest BCUT2D eigenvalue weighted by Gasteiger charge is -2.32. The summed E-state index contributed by atoms with van der Waals surface area (Å²) in [7, 11) is 0. The van der Waals surface area contributed by atoms with Gasteiger partial charge in [0.25, 0.3) is 0 Å². The summed E-state index contributed by atoms with van der Waals surface area (Å²) in [5, 5.41) is 19.8. The second-order valence-corrected chi connectivity index (χ2v) is 5.53. The van der Waals surface area contributed by atoms with Gasteiger partial charge < -0.3 is 14.7 Å². The first-order valence-electron chi connectivity index (χ1n) is 7.55. The number of rotatable bonds is 5. The van der Waals surface area contributed by atoms with Crippen molar-refractivity contribution in [2.75, 3.05) is 19.7 Å². The van der Waals surface area contributed by atoms with Gasteiger partial charge in [-0.25, -0.2) is 4.68 Å². The van der Waals surface area contributed by atoms with Crippen LogP contribution < -0.4 is 0 Å². The van der Waals surface area contributed by atoms with Crippen LogP contribution in [0.1, 0.15) is 12.0 Å². The number of hydrogen-bond acceptors (Lipinski definition) is 6. The molecular weight excluding hydrogens is 314 g/mol. The molecule has 1 unspecified atom stereocenters. The maximum absolute atomic E-state index is 12.4. The maximum atomic E-state index is 12.4. The molecule has 1 fully saturated rings. The topological polar surface area (TPSA) is 110 Å². The molecular formula is C15H17N5O4. The van der Waals surface area contributed by atoms with Crippen molar-refractivity contribution in [1.29, 1.82) is 0 Å². The summed E-state index contributed by atoms with van der Waals surface area (Å²) >= 11 is 0. The normalized spacial score (nSPS) is 17.7. The molecule has 9 heteroatoms. The minimum absolute atomic E-state index is 0.0381. The summed E-state index contributed by atoms with van der Waals surface area (Å²) in [6, 6.07) is 7.38. The van der Waals surface area contributed by atoms with Crippen LogP contribution in [0.15, 0.2) is 30.6 Å². The van der Waals surface area contributed by atoms with Gasteiger partial charge in [0.15, 0.2) is 0 Å². The lowest BCUT2D eigenvalue weighted by molar-refractivity contribution is -0.147. The molecule has 2 heterocycles. The molecule has 0 radical (unpaired) electrons. The van der Waals surface area contributed by atoms with Crippen LogP contribution in [0.3, 0.4) is 0 Å². The molecule has 1 N–H and O–H groups in total. The predicted octanol–water partition coefficient (Wildman–Crippen LogP) is -0.0931. The Morgan fingerprint density at radius 2 is 2.08 bits per heavy atom. The highest BCUT2D eigenvalue weighted by Gasteiger charge is 2.25. The van der Waals surface area contributed by atoms with Gasteiger partial charge in [0, 0.05) is 13.1 Å².